The second kappa shape index (κ2) is 9.07. The summed E-state index contributed by atoms with van der Waals surface area (Å²) in [6.07, 6.45) is -3.86. The zero-order valence-corrected chi connectivity index (χ0v) is 21.0. The van der Waals surface area contributed by atoms with E-state index in [0.29, 0.717) is 22.9 Å². The summed E-state index contributed by atoms with van der Waals surface area (Å²) in [7, 11) is 2.89. The van der Waals surface area contributed by atoms with Gasteiger partial charge in [-0.3, -0.25) is 4.98 Å². The standard InChI is InChI=1S/C27H23F5N4O2/c1-26(2)22-9-16(37-3)8-21(33-22)18-7-14(19(28)12-20(18)29)5-6-15-13-36(35-25(15)27(30,31)32)24-11-17(38-4)10-23(26)34-24/h7-13H,5-6H2,1-4H3. The van der Waals surface area contributed by atoms with E-state index in [1.807, 2.05) is 13.8 Å². The smallest absolute Gasteiger partial charge is 0.435 e. The van der Waals surface area contributed by atoms with Gasteiger partial charge in [-0.25, -0.2) is 18.4 Å². The highest BCUT2D eigenvalue weighted by Crippen LogP contribution is 2.38. The molecular weight excluding hydrogens is 507 g/mol. The first kappa shape index (κ1) is 25.6. The van der Waals surface area contributed by atoms with E-state index < -0.39 is 28.9 Å². The molecule has 6 nitrogen and oxygen atoms in total. The van der Waals surface area contributed by atoms with E-state index in [2.05, 4.69) is 15.1 Å². The number of alkyl halides is 3. The Balaban J connectivity index is 1.84. The van der Waals surface area contributed by atoms with Crippen molar-refractivity contribution in [1.29, 1.82) is 0 Å². The number of ether oxygens (including phenoxy) is 2. The van der Waals surface area contributed by atoms with Gasteiger partial charge >= 0.3 is 6.18 Å². The van der Waals surface area contributed by atoms with Crippen LogP contribution in [0.1, 0.15) is 42.1 Å². The van der Waals surface area contributed by atoms with Crippen LogP contribution in [0, 0.1) is 11.6 Å². The van der Waals surface area contributed by atoms with Gasteiger partial charge in [0, 0.05) is 53.1 Å². The Bertz CT molecular complexity index is 1550. The highest BCUT2D eigenvalue weighted by Gasteiger charge is 2.38. The van der Waals surface area contributed by atoms with Crippen molar-refractivity contribution >= 4 is 0 Å². The largest absolute Gasteiger partial charge is 0.497 e. The van der Waals surface area contributed by atoms with Crippen molar-refractivity contribution in [2.24, 2.45) is 0 Å². The summed E-state index contributed by atoms with van der Waals surface area (Å²) >= 11 is 0. The Kier molecular flexibility index (Phi) is 6.12. The molecule has 1 aliphatic rings. The average molecular weight is 530 g/mol. The Morgan fingerprint density at radius 3 is 2.11 bits per heavy atom. The molecule has 0 saturated heterocycles. The van der Waals surface area contributed by atoms with Crippen molar-refractivity contribution < 1.29 is 31.4 Å². The number of aryl methyl sites for hydroxylation is 2. The number of hydrogen-bond acceptors (Lipinski definition) is 5. The molecule has 1 aromatic carbocycles. The summed E-state index contributed by atoms with van der Waals surface area (Å²) in [6, 6.07) is 8.30. The molecule has 0 aliphatic carbocycles. The molecule has 0 spiro atoms. The van der Waals surface area contributed by atoms with Gasteiger partial charge in [0.15, 0.2) is 11.5 Å². The summed E-state index contributed by atoms with van der Waals surface area (Å²) in [6.45, 7) is 3.62. The number of benzene rings is 1. The Hall–Kier alpha value is -4.02. The molecule has 0 saturated carbocycles. The van der Waals surface area contributed by atoms with Crippen molar-refractivity contribution in [2.75, 3.05) is 14.2 Å². The number of fused-ring (bicyclic) bond motifs is 10. The molecule has 4 heterocycles. The highest BCUT2D eigenvalue weighted by atomic mass is 19.4. The monoisotopic (exact) mass is 530 g/mol. The summed E-state index contributed by atoms with van der Waals surface area (Å²) in [4.78, 5) is 9.30. The van der Waals surface area contributed by atoms with E-state index in [4.69, 9.17) is 9.47 Å². The molecular formula is C27H23F5N4O2. The molecule has 0 N–H and O–H groups in total. The molecule has 0 unspecified atom stereocenters. The predicted molar refractivity (Wildman–Crippen MR) is 129 cm³/mol. The Labute approximate surface area is 215 Å². The number of hydrogen-bond donors (Lipinski definition) is 0. The van der Waals surface area contributed by atoms with Crippen LogP contribution in [0.25, 0.3) is 17.1 Å². The fraction of sp³-hybridized carbons (Fsp3) is 0.296. The van der Waals surface area contributed by atoms with Crippen LogP contribution in [0.4, 0.5) is 22.0 Å². The minimum absolute atomic E-state index is 0.00162. The molecule has 4 aromatic rings. The minimum Gasteiger partial charge on any atom is -0.497 e. The van der Waals surface area contributed by atoms with Crippen LogP contribution in [-0.2, 0) is 24.4 Å². The molecule has 5 rings (SSSR count). The Morgan fingerprint density at radius 1 is 0.816 bits per heavy atom. The first-order chi connectivity index (χ1) is 17.9. The third-order valence-electron chi connectivity index (χ3n) is 6.71. The summed E-state index contributed by atoms with van der Waals surface area (Å²) < 4.78 is 83.5. The molecule has 11 heteroatoms. The lowest BCUT2D eigenvalue weighted by molar-refractivity contribution is -0.141. The Morgan fingerprint density at radius 2 is 1.45 bits per heavy atom. The van der Waals surface area contributed by atoms with E-state index in [1.165, 1.54) is 38.6 Å². The van der Waals surface area contributed by atoms with Crippen molar-refractivity contribution in [3.8, 4) is 28.6 Å². The second-order valence-electron chi connectivity index (χ2n) is 9.52. The van der Waals surface area contributed by atoms with E-state index in [-0.39, 0.29) is 41.0 Å². The fourth-order valence-corrected chi connectivity index (χ4v) is 4.46. The van der Waals surface area contributed by atoms with Gasteiger partial charge in [-0.1, -0.05) is 0 Å². The molecule has 0 fully saturated rings. The first-order valence-corrected chi connectivity index (χ1v) is 11.7. The maximum atomic E-state index is 15.0. The SMILES string of the molecule is COc1cc2nc(c1)C(C)(C)c1cc(OC)cc(n1)-n1cc(c(C(F)(F)F)n1)CCc1cc-2c(F)cc1F. The summed E-state index contributed by atoms with van der Waals surface area (Å²) in [5.41, 5.74) is -1.12. The molecule has 0 amide bonds. The van der Waals surface area contributed by atoms with Crippen molar-refractivity contribution in [2.45, 2.75) is 38.3 Å². The van der Waals surface area contributed by atoms with Gasteiger partial charge in [-0.15, -0.1) is 0 Å². The second-order valence-corrected chi connectivity index (χ2v) is 9.52. The molecule has 38 heavy (non-hydrogen) atoms. The number of pyridine rings is 2. The number of methoxy groups -OCH3 is 2. The fourth-order valence-electron chi connectivity index (χ4n) is 4.46. The average Bonchev–Trinajstić information content (AvgIpc) is 3.32. The van der Waals surface area contributed by atoms with Gasteiger partial charge in [0.1, 0.15) is 23.1 Å². The number of aromatic nitrogens is 4. The minimum atomic E-state index is -4.75. The van der Waals surface area contributed by atoms with E-state index in [9.17, 15) is 17.6 Å². The van der Waals surface area contributed by atoms with Crippen LogP contribution in [0.15, 0.2) is 42.6 Å². The molecule has 0 radical (unpaired) electrons. The van der Waals surface area contributed by atoms with Crippen LogP contribution in [0.3, 0.4) is 0 Å². The van der Waals surface area contributed by atoms with E-state index in [1.54, 1.807) is 12.1 Å². The van der Waals surface area contributed by atoms with Gasteiger partial charge < -0.3 is 9.47 Å². The normalized spacial score (nSPS) is 14.4. The van der Waals surface area contributed by atoms with Crippen LogP contribution in [0.5, 0.6) is 11.5 Å². The quantitative estimate of drug-likeness (QED) is 0.295. The van der Waals surface area contributed by atoms with E-state index in [0.717, 1.165) is 10.7 Å². The van der Waals surface area contributed by atoms with Gasteiger partial charge in [0.2, 0.25) is 0 Å². The lowest BCUT2D eigenvalue weighted by Crippen LogP contribution is -2.23. The van der Waals surface area contributed by atoms with E-state index >= 15 is 4.39 Å². The number of rotatable bonds is 2. The summed E-state index contributed by atoms with van der Waals surface area (Å²) in [5.74, 6) is -0.888. The van der Waals surface area contributed by atoms with Gasteiger partial charge in [-0.2, -0.15) is 18.3 Å². The molecule has 1 aliphatic heterocycles. The lowest BCUT2D eigenvalue weighted by atomic mass is 9.84. The topological polar surface area (TPSA) is 62.1 Å². The van der Waals surface area contributed by atoms with Crippen LogP contribution in [0.2, 0.25) is 0 Å². The predicted octanol–water partition coefficient (Wildman–Crippen LogP) is 6.07. The highest BCUT2D eigenvalue weighted by molar-refractivity contribution is 5.64. The van der Waals surface area contributed by atoms with Crippen molar-refractivity contribution in [3.63, 3.8) is 0 Å². The maximum absolute atomic E-state index is 15.0. The van der Waals surface area contributed by atoms with Crippen LogP contribution < -0.4 is 9.47 Å². The number of halogens is 5. The van der Waals surface area contributed by atoms with Crippen LogP contribution >= 0.6 is 0 Å². The maximum Gasteiger partial charge on any atom is 0.435 e. The van der Waals surface area contributed by atoms with Crippen molar-refractivity contribution in [1.82, 2.24) is 19.7 Å². The number of nitrogens with zero attached hydrogens (tertiary/aromatic N) is 4. The third kappa shape index (κ3) is 4.46. The molecule has 3 aromatic heterocycles. The van der Waals surface area contributed by atoms with Crippen molar-refractivity contribution in [3.05, 3.63) is 82.4 Å². The van der Waals surface area contributed by atoms with Gasteiger partial charge in [0.25, 0.3) is 0 Å². The molecule has 8 bridgehead atoms. The zero-order chi connectivity index (χ0) is 27.4. The molecule has 0 atom stereocenters. The molecule has 198 valence electrons. The summed E-state index contributed by atoms with van der Waals surface area (Å²) in [5, 5.41) is 3.79. The van der Waals surface area contributed by atoms with Crippen LogP contribution in [-0.4, -0.2) is 34.0 Å². The third-order valence-corrected chi connectivity index (χ3v) is 6.71. The lowest BCUT2D eigenvalue weighted by Gasteiger charge is -2.26. The first-order valence-electron chi connectivity index (χ1n) is 11.7. The zero-order valence-electron chi connectivity index (χ0n) is 21.0. The van der Waals surface area contributed by atoms with Gasteiger partial charge in [-0.05, 0) is 38.3 Å². The van der Waals surface area contributed by atoms with Gasteiger partial charge in [0.05, 0.1) is 31.3 Å².